The number of carbonyl (C=O) groups excluding carboxylic acids is 1. The molecule has 0 radical (unpaired) electrons. The Balaban J connectivity index is 1.72. The predicted octanol–water partition coefficient (Wildman–Crippen LogP) is 2.16. The highest BCUT2D eigenvalue weighted by atomic mass is 32.1. The van der Waals surface area contributed by atoms with Gasteiger partial charge < -0.3 is 9.80 Å². The molecule has 0 aliphatic carbocycles. The van der Waals surface area contributed by atoms with Gasteiger partial charge in [-0.3, -0.25) is 10.1 Å². The van der Waals surface area contributed by atoms with Gasteiger partial charge in [-0.05, 0) is 33.0 Å². The summed E-state index contributed by atoms with van der Waals surface area (Å²) in [4.78, 5) is 26.8. The highest BCUT2D eigenvalue weighted by Gasteiger charge is 2.17. The molecule has 1 aliphatic heterocycles. The Bertz CT molecular complexity index is 687. The van der Waals surface area contributed by atoms with Crippen molar-refractivity contribution in [1.29, 1.82) is 0 Å². The summed E-state index contributed by atoms with van der Waals surface area (Å²) in [5.41, 5.74) is 1.57. The van der Waals surface area contributed by atoms with Gasteiger partial charge in [-0.2, -0.15) is 0 Å². The fourth-order valence-electron chi connectivity index (χ4n) is 2.46. The van der Waals surface area contributed by atoms with Gasteiger partial charge in [-0.1, -0.05) is 0 Å². The quantitative estimate of drug-likeness (QED) is 0.934. The molecule has 2 aromatic heterocycles. The number of anilines is 2. The number of carbonyl (C=O) groups is 1. The third-order valence-electron chi connectivity index (χ3n) is 4.08. The van der Waals surface area contributed by atoms with Crippen LogP contribution in [0.25, 0.3) is 0 Å². The van der Waals surface area contributed by atoms with E-state index in [2.05, 4.69) is 32.1 Å². The van der Waals surface area contributed by atoms with E-state index in [0.717, 1.165) is 42.6 Å². The summed E-state index contributed by atoms with van der Waals surface area (Å²) < 4.78 is 0. The van der Waals surface area contributed by atoms with E-state index >= 15 is 0 Å². The van der Waals surface area contributed by atoms with Crippen molar-refractivity contribution in [2.24, 2.45) is 0 Å². The molecule has 0 unspecified atom stereocenters. The summed E-state index contributed by atoms with van der Waals surface area (Å²) in [6, 6.07) is 3.59. The molecule has 122 valence electrons. The van der Waals surface area contributed by atoms with E-state index in [0.29, 0.717) is 10.7 Å². The Kier molecular flexibility index (Phi) is 4.58. The maximum atomic E-state index is 12.4. The van der Waals surface area contributed by atoms with Gasteiger partial charge in [0.2, 0.25) is 0 Å². The molecule has 3 heterocycles. The van der Waals surface area contributed by atoms with Crippen molar-refractivity contribution < 1.29 is 4.79 Å². The van der Waals surface area contributed by atoms with Gasteiger partial charge in [0.25, 0.3) is 5.91 Å². The van der Waals surface area contributed by atoms with E-state index in [1.54, 1.807) is 12.3 Å². The van der Waals surface area contributed by atoms with E-state index in [1.165, 1.54) is 11.3 Å². The zero-order chi connectivity index (χ0) is 16.4. The van der Waals surface area contributed by atoms with E-state index in [1.807, 2.05) is 19.9 Å². The van der Waals surface area contributed by atoms with Crippen LogP contribution in [0, 0.1) is 13.8 Å². The van der Waals surface area contributed by atoms with Gasteiger partial charge in [0.1, 0.15) is 5.82 Å². The molecule has 7 heteroatoms. The SMILES string of the molecule is Cc1nc(NC(=O)c2ccnc(N3CCN(C)CC3)c2)sc1C. The van der Waals surface area contributed by atoms with Crippen LogP contribution in [-0.2, 0) is 0 Å². The zero-order valence-electron chi connectivity index (χ0n) is 13.7. The van der Waals surface area contributed by atoms with Crippen molar-refractivity contribution in [2.75, 3.05) is 43.4 Å². The number of thiazole rings is 1. The number of nitrogens with zero attached hydrogens (tertiary/aromatic N) is 4. The summed E-state index contributed by atoms with van der Waals surface area (Å²) in [7, 11) is 2.12. The van der Waals surface area contributed by atoms with Gasteiger partial charge in [-0.25, -0.2) is 9.97 Å². The van der Waals surface area contributed by atoms with E-state index in [-0.39, 0.29) is 5.91 Å². The van der Waals surface area contributed by atoms with Crippen LogP contribution in [0.5, 0.6) is 0 Å². The highest BCUT2D eigenvalue weighted by Crippen LogP contribution is 2.22. The normalized spacial score (nSPS) is 15.7. The molecule has 2 aromatic rings. The molecule has 0 bridgehead atoms. The number of nitrogens with one attached hydrogen (secondary N) is 1. The number of amides is 1. The summed E-state index contributed by atoms with van der Waals surface area (Å²) in [6.07, 6.45) is 1.70. The first-order valence-electron chi connectivity index (χ1n) is 7.68. The van der Waals surface area contributed by atoms with Gasteiger partial charge in [0, 0.05) is 42.8 Å². The summed E-state index contributed by atoms with van der Waals surface area (Å²) in [5.74, 6) is 0.716. The lowest BCUT2D eigenvalue weighted by molar-refractivity contribution is 0.102. The lowest BCUT2D eigenvalue weighted by atomic mass is 10.2. The molecular weight excluding hydrogens is 310 g/mol. The minimum Gasteiger partial charge on any atom is -0.354 e. The summed E-state index contributed by atoms with van der Waals surface area (Å²) in [5, 5.41) is 3.51. The molecule has 0 saturated carbocycles. The number of pyridine rings is 1. The first kappa shape index (κ1) is 15.9. The second-order valence-electron chi connectivity index (χ2n) is 5.81. The molecule has 1 amide bonds. The molecular formula is C16H21N5OS. The number of piperazine rings is 1. The first-order valence-corrected chi connectivity index (χ1v) is 8.49. The molecule has 1 fully saturated rings. The summed E-state index contributed by atoms with van der Waals surface area (Å²) in [6.45, 7) is 7.82. The van der Waals surface area contributed by atoms with E-state index < -0.39 is 0 Å². The Hall–Kier alpha value is -1.99. The molecule has 6 nitrogen and oxygen atoms in total. The minimum absolute atomic E-state index is 0.142. The number of aryl methyl sites for hydroxylation is 2. The maximum Gasteiger partial charge on any atom is 0.257 e. The fourth-order valence-corrected chi connectivity index (χ4v) is 3.27. The standard InChI is InChI=1S/C16H21N5OS/c1-11-12(2)23-16(18-11)19-15(22)13-4-5-17-14(10-13)21-8-6-20(3)7-9-21/h4-5,10H,6-9H2,1-3H3,(H,18,19,22). The van der Waals surface area contributed by atoms with Gasteiger partial charge in [0.15, 0.2) is 5.13 Å². The highest BCUT2D eigenvalue weighted by molar-refractivity contribution is 7.15. The largest absolute Gasteiger partial charge is 0.354 e. The number of rotatable bonds is 3. The average molecular weight is 331 g/mol. The predicted molar refractivity (Wildman–Crippen MR) is 93.5 cm³/mol. The Morgan fingerprint density at radius 1 is 1.26 bits per heavy atom. The number of likely N-dealkylation sites (N-methyl/N-ethyl adjacent to an activating group) is 1. The molecule has 1 saturated heterocycles. The molecule has 0 aromatic carbocycles. The van der Waals surface area contributed by atoms with Crippen LogP contribution in [-0.4, -0.2) is 54.0 Å². The first-order chi connectivity index (χ1) is 11.0. The van der Waals surface area contributed by atoms with Crippen LogP contribution in [0.2, 0.25) is 0 Å². The topological polar surface area (TPSA) is 61.4 Å². The van der Waals surface area contributed by atoms with Crippen molar-refractivity contribution in [2.45, 2.75) is 13.8 Å². The van der Waals surface area contributed by atoms with Crippen LogP contribution in [0.4, 0.5) is 10.9 Å². The van der Waals surface area contributed by atoms with Crippen LogP contribution in [0.15, 0.2) is 18.3 Å². The van der Waals surface area contributed by atoms with Crippen LogP contribution < -0.4 is 10.2 Å². The second kappa shape index (κ2) is 6.64. The van der Waals surface area contributed by atoms with Crippen molar-refractivity contribution in [3.63, 3.8) is 0 Å². The van der Waals surface area contributed by atoms with Gasteiger partial charge in [-0.15, -0.1) is 11.3 Å². The Labute approximate surface area is 140 Å². The maximum absolute atomic E-state index is 12.4. The molecule has 1 N–H and O–H groups in total. The number of hydrogen-bond acceptors (Lipinski definition) is 6. The van der Waals surface area contributed by atoms with Crippen LogP contribution >= 0.6 is 11.3 Å². The third-order valence-corrected chi connectivity index (χ3v) is 5.07. The summed E-state index contributed by atoms with van der Waals surface area (Å²) >= 11 is 1.50. The molecule has 0 atom stereocenters. The van der Waals surface area contributed by atoms with E-state index in [9.17, 15) is 4.79 Å². The van der Waals surface area contributed by atoms with Crippen molar-refractivity contribution in [1.82, 2.24) is 14.9 Å². The monoisotopic (exact) mass is 331 g/mol. The number of hydrogen-bond donors (Lipinski definition) is 1. The third kappa shape index (κ3) is 3.68. The van der Waals surface area contributed by atoms with Crippen LogP contribution in [0.1, 0.15) is 20.9 Å². The van der Waals surface area contributed by atoms with Gasteiger partial charge in [0.05, 0.1) is 5.69 Å². The van der Waals surface area contributed by atoms with E-state index in [4.69, 9.17) is 0 Å². The fraction of sp³-hybridized carbons (Fsp3) is 0.438. The lowest BCUT2D eigenvalue weighted by Crippen LogP contribution is -2.44. The molecule has 3 rings (SSSR count). The number of aromatic nitrogens is 2. The smallest absolute Gasteiger partial charge is 0.257 e. The Morgan fingerprint density at radius 2 is 2.00 bits per heavy atom. The lowest BCUT2D eigenvalue weighted by Gasteiger charge is -2.33. The van der Waals surface area contributed by atoms with Crippen molar-refractivity contribution in [3.8, 4) is 0 Å². The second-order valence-corrected chi connectivity index (χ2v) is 7.01. The van der Waals surface area contributed by atoms with Crippen LogP contribution in [0.3, 0.4) is 0 Å². The average Bonchev–Trinajstić information content (AvgIpc) is 2.86. The molecule has 1 aliphatic rings. The molecule has 0 spiro atoms. The van der Waals surface area contributed by atoms with Crippen molar-refractivity contribution >= 4 is 28.2 Å². The Morgan fingerprint density at radius 3 is 2.65 bits per heavy atom. The van der Waals surface area contributed by atoms with Crippen molar-refractivity contribution in [3.05, 3.63) is 34.5 Å². The molecule has 23 heavy (non-hydrogen) atoms. The van der Waals surface area contributed by atoms with Gasteiger partial charge >= 0.3 is 0 Å². The minimum atomic E-state index is -0.142. The zero-order valence-corrected chi connectivity index (χ0v) is 14.5.